The van der Waals surface area contributed by atoms with E-state index in [4.69, 9.17) is 9.47 Å². The van der Waals surface area contributed by atoms with Crippen molar-refractivity contribution < 1.29 is 19.0 Å². The third-order valence-corrected chi connectivity index (χ3v) is 2.67. The maximum atomic E-state index is 12.1. The smallest absolute Gasteiger partial charge is 0.462 e. The van der Waals surface area contributed by atoms with Gasteiger partial charge in [-0.15, -0.1) is 0 Å². The number of fused-ring (bicyclic) bond motifs is 1. The molecule has 0 amide bonds. The number of methoxy groups -OCH3 is 1. The van der Waals surface area contributed by atoms with E-state index in [0.29, 0.717) is 21.9 Å². The van der Waals surface area contributed by atoms with Crippen LogP contribution in [0.1, 0.15) is 13.3 Å². The van der Waals surface area contributed by atoms with Crippen LogP contribution < -0.4 is 19.6 Å². The molecule has 0 aliphatic heterocycles. The van der Waals surface area contributed by atoms with Crippen molar-refractivity contribution in [1.29, 1.82) is 0 Å². The zero-order valence-electron chi connectivity index (χ0n) is 11.3. The third kappa shape index (κ3) is 2.80. The normalized spacial score (nSPS) is 10.7. The van der Waals surface area contributed by atoms with Gasteiger partial charge >= 0.3 is 11.5 Å². The Balaban J connectivity index is 2.31. The molecule has 1 heterocycles. The highest BCUT2D eigenvalue weighted by atomic mass is 16.5. The van der Waals surface area contributed by atoms with Crippen molar-refractivity contribution >= 4 is 17.0 Å². The molecule has 0 bridgehead atoms. The molecule has 0 spiro atoms. The lowest BCUT2D eigenvalue weighted by Gasteiger charge is -2.10. The Morgan fingerprint density at radius 1 is 1.30 bits per heavy atom. The Kier molecular flexibility index (Phi) is 4.36. The van der Waals surface area contributed by atoms with Crippen LogP contribution in [0.15, 0.2) is 18.2 Å². The van der Waals surface area contributed by atoms with Gasteiger partial charge in [-0.3, -0.25) is 0 Å². The van der Waals surface area contributed by atoms with Gasteiger partial charge in [-0.25, -0.2) is 10.0 Å². The second kappa shape index (κ2) is 6.20. The fourth-order valence-electron chi connectivity index (χ4n) is 1.69. The predicted octanol–water partition coefficient (Wildman–Crippen LogP) is 0.306. The number of hydrogen-bond donors (Lipinski definition) is 1. The van der Waals surface area contributed by atoms with Gasteiger partial charge in [0.1, 0.15) is 5.75 Å². The zero-order chi connectivity index (χ0) is 14.5. The summed E-state index contributed by atoms with van der Waals surface area (Å²) in [5.74, 6) is 0.379. The van der Waals surface area contributed by atoms with Crippen molar-refractivity contribution in [1.82, 2.24) is 5.10 Å². The van der Waals surface area contributed by atoms with E-state index in [9.17, 15) is 10.4 Å². The van der Waals surface area contributed by atoms with E-state index in [0.717, 1.165) is 6.42 Å². The van der Waals surface area contributed by atoms with Gasteiger partial charge in [0, 0.05) is 4.85 Å². The Morgan fingerprint density at radius 3 is 2.80 bits per heavy atom. The highest BCUT2D eigenvalue weighted by Crippen LogP contribution is 2.15. The number of nitrogens with zero attached hydrogens (tertiary/aromatic N) is 3. The molecule has 0 saturated heterocycles. The quantitative estimate of drug-likeness (QED) is 0.354. The molecule has 108 valence electrons. The van der Waals surface area contributed by atoms with Crippen LogP contribution in [0.25, 0.3) is 11.0 Å². The van der Waals surface area contributed by atoms with Crippen LogP contribution in [0.4, 0.5) is 5.95 Å². The predicted molar refractivity (Wildman–Crippen MR) is 70.9 cm³/mol. The van der Waals surface area contributed by atoms with Crippen molar-refractivity contribution in [3.8, 4) is 5.75 Å². The van der Waals surface area contributed by atoms with E-state index in [1.807, 2.05) is 6.92 Å². The molecule has 0 radical (unpaired) electrons. The van der Waals surface area contributed by atoms with Gasteiger partial charge in [0.2, 0.25) is 5.10 Å². The number of nitrogens with one attached hydrogen (secondary N) is 1. The van der Waals surface area contributed by atoms with E-state index in [1.165, 1.54) is 19.2 Å². The average Bonchev–Trinajstić information content (AvgIpc) is 2.48. The van der Waals surface area contributed by atoms with E-state index in [-0.39, 0.29) is 23.7 Å². The topological polar surface area (TPSA) is 97.3 Å². The molecule has 0 atom stereocenters. The molecule has 0 aliphatic rings. The average molecular weight is 280 g/mol. The summed E-state index contributed by atoms with van der Waals surface area (Å²) in [6, 6.07) is 4.57. The molecule has 0 saturated carbocycles. The molecule has 2 rings (SSSR count). The summed E-state index contributed by atoms with van der Waals surface area (Å²) in [5, 5.41) is 30.2. The maximum absolute atomic E-state index is 12.1. The van der Waals surface area contributed by atoms with Gasteiger partial charge in [0.15, 0.2) is 12.2 Å². The van der Waals surface area contributed by atoms with Crippen molar-refractivity contribution in [3.63, 3.8) is 0 Å². The summed E-state index contributed by atoms with van der Waals surface area (Å²) in [7, 11) is 1.48. The molecule has 8 nitrogen and oxygen atoms in total. The van der Waals surface area contributed by atoms with Crippen LogP contribution in [0, 0.1) is 10.4 Å². The van der Waals surface area contributed by atoms with Crippen LogP contribution in [0.3, 0.4) is 0 Å². The summed E-state index contributed by atoms with van der Waals surface area (Å²) in [6.45, 7) is 2.65. The van der Waals surface area contributed by atoms with Crippen LogP contribution >= 0.6 is 0 Å². The van der Waals surface area contributed by atoms with Crippen molar-refractivity contribution in [3.05, 3.63) is 28.6 Å². The molecule has 2 aromatic rings. The molecule has 1 aromatic heterocycles. The van der Waals surface area contributed by atoms with Gasteiger partial charge in [0.05, 0.1) is 19.8 Å². The monoisotopic (exact) mass is 280 g/mol. The molecule has 20 heavy (non-hydrogen) atoms. The van der Waals surface area contributed by atoms with E-state index < -0.39 is 0 Å². The van der Waals surface area contributed by atoms with Gasteiger partial charge in [-0.1, -0.05) is 6.92 Å². The van der Waals surface area contributed by atoms with Crippen molar-refractivity contribution in [2.24, 2.45) is 0 Å². The molecule has 1 aromatic carbocycles. The second-order valence-corrected chi connectivity index (χ2v) is 4.07. The lowest BCUT2D eigenvalue weighted by molar-refractivity contribution is -0.672. The summed E-state index contributed by atoms with van der Waals surface area (Å²) in [5.41, 5.74) is 0.341. The van der Waals surface area contributed by atoms with Gasteiger partial charge < -0.3 is 19.9 Å². The third-order valence-electron chi connectivity index (χ3n) is 2.67. The van der Waals surface area contributed by atoms with E-state index >= 15 is 0 Å². The zero-order valence-corrected chi connectivity index (χ0v) is 11.3. The minimum atomic E-state index is -0.103. The number of ether oxygens (including phenoxy) is 2. The number of benzene rings is 1. The van der Waals surface area contributed by atoms with Crippen LogP contribution in [-0.2, 0) is 4.74 Å². The Morgan fingerprint density at radius 2 is 2.10 bits per heavy atom. The summed E-state index contributed by atoms with van der Waals surface area (Å²) in [6.07, 6.45) is 0.867. The molecule has 0 aliphatic carbocycles. The first-order valence-electron chi connectivity index (χ1n) is 6.20. The second-order valence-electron chi connectivity index (χ2n) is 4.07. The molecule has 0 fully saturated rings. The van der Waals surface area contributed by atoms with Crippen LogP contribution in [0.5, 0.6) is 5.75 Å². The standard InChI is InChI=1S/C12H16N4O4/c1-3-6-20-8-13-12-14-16(18)11-7-9(19-2)4-5-10(11)15(12)17/h4-5,7H,3,6,8H2,1-2H3,(H,13,14). The summed E-state index contributed by atoms with van der Waals surface area (Å²) < 4.78 is 10.8. The number of anilines is 1. The highest BCUT2D eigenvalue weighted by Gasteiger charge is 2.20. The van der Waals surface area contributed by atoms with Gasteiger partial charge in [-0.05, 0) is 18.6 Å². The lowest BCUT2D eigenvalue weighted by atomic mass is 10.3. The van der Waals surface area contributed by atoms with Crippen LogP contribution in [0.2, 0.25) is 0 Å². The summed E-state index contributed by atoms with van der Waals surface area (Å²) >= 11 is 0. The maximum Gasteiger partial charge on any atom is 0.462 e. The minimum absolute atomic E-state index is 0.103. The Hall–Kier alpha value is -2.35. The largest absolute Gasteiger partial charge is 0.739 e. The molecular formula is C12H16N4O4. The molecule has 8 heteroatoms. The lowest BCUT2D eigenvalue weighted by Crippen LogP contribution is -2.44. The number of hydrogen-bond acceptors (Lipinski definition) is 6. The number of aromatic nitrogens is 3. The van der Waals surface area contributed by atoms with E-state index in [1.54, 1.807) is 6.07 Å². The Labute approximate surface area is 115 Å². The molecular weight excluding hydrogens is 264 g/mol. The molecule has 0 unspecified atom stereocenters. The van der Waals surface area contributed by atoms with E-state index in [2.05, 4.69) is 10.4 Å². The van der Waals surface area contributed by atoms with Crippen molar-refractivity contribution in [2.45, 2.75) is 13.3 Å². The van der Waals surface area contributed by atoms with Crippen molar-refractivity contribution in [2.75, 3.05) is 25.8 Å². The fraction of sp³-hybridized carbons (Fsp3) is 0.417. The highest BCUT2D eigenvalue weighted by molar-refractivity contribution is 5.70. The number of rotatable bonds is 6. The SMILES string of the molecule is CCCOCNc1n[n+]([O-])c2cc(OC)ccc2[n+]1[O-]. The first kappa shape index (κ1) is 14.1. The summed E-state index contributed by atoms with van der Waals surface area (Å²) in [4.78, 5) is 0.383. The first-order chi connectivity index (χ1) is 9.67. The first-order valence-corrected chi connectivity index (χ1v) is 6.20. The molecule has 1 N–H and O–H groups in total. The minimum Gasteiger partial charge on any atom is -0.739 e. The fourth-order valence-corrected chi connectivity index (χ4v) is 1.69. The Bertz CT molecular complexity index is 606. The van der Waals surface area contributed by atoms with Gasteiger partial charge in [0.25, 0.3) is 0 Å². The van der Waals surface area contributed by atoms with Gasteiger partial charge in [-0.2, -0.15) is 0 Å². The van der Waals surface area contributed by atoms with Crippen LogP contribution in [-0.4, -0.2) is 25.5 Å².